The summed E-state index contributed by atoms with van der Waals surface area (Å²) in [4.78, 5) is 5.27. The van der Waals surface area contributed by atoms with Crippen molar-refractivity contribution in [1.82, 2.24) is 4.90 Å². The molecule has 2 N–H and O–H groups in total. The highest BCUT2D eigenvalue weighted by Crippen LogP contribution is 2.34. The fraction of sp³-hybridized carbons (Fsp3) is 0.636. The first-order chi connectivity index (χ1) is 7.22. The number of rotatable bonds is 3. The average molecular weight is 289 g/mol. The molecule has 2 rings (SSSR count). The van der Waals surface area contributed by atoms with E-state index in [1.807, 2.05) is 11.3 Å². The Kier molecular flexibility index (Phi) is 3.83. The van der Waals surface area contributed by atoms with E-state index in [0.29, 0.717) is 6.04 Å². The van der Waals surface area contributed by atoms with Crippen LogP contribution in [0.15, 0.2) is 10.5 Å². The number of nitrogens with two attached hydrogens (primary N) is 1. The molecule has 2 heterocycles. The van der Waals surface area contributed by atoms with Gasteiger partial charge in [0.2, 0.25) is 0 Å². The predicted molar refractivity (Wildman–Crippen MR) is 69.4 cm³/mol. The molecule has 2 nitrogen and oxygen atoms in total. The van der Waals surface area contributed by atoms with Gasteiger partial charge in [-0.1, -0.05) is 0 Å². The van der Waals surface area contributed by atoms with Crippen LogP contribution in [0.1, 0.15) is 28.6 Å². The van der Waals surface area contributed by atoms with Crippen LogP contribution >= 0.6 is 27.3 Å². The van der Waals surface area contributed by atoms with Gasteiger partial charge in [-0.2, -0.15) is 0 Å². The quantitative estimate of drug-likeness (QED) is 0.927. The number of likely N-dealkylation sites (tertiary alicyclic amines) is 1. The molecule has 0 amide bonds. The Morgan fingerprint density at radius 1 is 1.53 bits per heavy atom. The van der Waals surface area contributed by atoms with Gasteiger partial charge in [0.1, 0.15) is 0 Å². The van der Waals surface area contributed by atoms with Crippen molar-refractivity contribution in [2.24, 2.45) is 5.73 Å². The van der Waals surface area contributed by atoms with Crippen molar-refractivity contribution in [3.05, 3.63) is 20.3 Å². The highest BCUT2D eigenvalue weighted by molar-refractivity contribution is 9.10. The largest absolute Gasteiger partial charge is 0.329 e. The van der Waals surface area contributed by atoms with Gasteiger partial charge in [-0.25, -0.2) is 0 Å². The van der Waals surface area contributed by atoms with E-state index in [2.05, 4.69) is 33.8 Å². The molecule has 0 spiro atoms. The minimum Gasteiger partial charge on any atom is -0.329 e. The Labute approximate surface area is 104 Å². The fourth-order valence-electron chi connectivity index (χ4n) is 2.14. The highest BCUT2D eigenvalue weighted by Gasteiger charge is 2.23. The molecule has 84 valence electrons. The summed E-state index contributed by atoms with van der Waals surface area (Å²) in [7, 11) is 0. The summed E-state index contributed by atoms with van der Waals surface area (Å²) >= 11 is 5.44. The highest BCUT2D eigenvalue weighted by atomic mass is 79.9. The molecule has 1 saturated heterocycles. The first-order valence-electron chi connectivity index (χ1n) is 5.42. The van der Waals surface area contributed by atoms with Crippen molar-refractivity contribution >= 4 is 27.3 Å². The maximum Gasteiger partial charge on any atom is 0.0564 e. The summed E-state index contributed by atoms with van der Waals surface area (Å²) in [6.07, 6.45) is 2.64. The normalized spacial score (nSPS) is 19.7. The smallest absolute Gasteiger partial charge is 0.0564 e. The second kappa shape index (κ2) is 4.95. The number of nitrogens with zero attached hydrogens (tertiary/aromatic N) is 1. The van der Waals surface area contributed by atoms with Crippen LogP contribution in [0, 0.1) is 6.92 Å². The van der Waals surface area contributed by atoms with Crippen LogP contribution in [0.2, 0.25) is 0 Å². The molecule has 1 atom stereocenters. The summed E-state index contributed by atoms with van der Waals surface area (Å²) < 4.78 is 1.22. The van der Waals surface area contributed by atoms with Crippen molar-refractivity contribution in [2.45, 2.75) is 25.8 Å². The van der Waals surface area contributed by atoms with E-state index < -0.39 is 0 Å². The van der Waals surface area contributed by atoms with E-state index in [9.17, 15) is 0 Å². The van der Waals surface area contributed by atoms with E-state index in [-0.39, 0.29) is 0 Å². The molecule has 1 aliphatic rings. The monoisotopic (exact) mass is 288 g/mol. The lowest BCUT2D eigenvalue weighted by atomic mass is 10.2. The molecule has 0 saturated carbocycles. The second-order valence-corrected chi connectivity index (χ2v) is 6.19. The third kappa shape index (κ3) is 2.44. The van der Waals surface area contributed by atoms with Gasteiger partial charge in [0, 0.05) is 20.8 Å². The number of halogens is 1. The van der Waals surface area contributed by atoms with Gasteiger partial charge in [-0.15, -0.1) is 11.3 Å². The minimum atomic E-state index is 0.433. The molecule has 0 bridgehead atoms. The Hall–Kier alpha value is 0.100. The van der Waals surface area contributed by atoms with E-state index in [4.69, 9.17) is 5.73 Å². The lowest BCUT2D eigenvalue weighted by Gasteiger charge is -2.24. The Balaban J connectivity index is 2.18. The predicted octanol–water partition coefficient (Wildman–Crippen LogP) is 2.91. The molecule has 0 aromatic carbocycles. The van der Waals surface area contributed by atoms with Crippen molar-refractivity contribution < 1.29 is 0 Å². The van der Waals surface area contributed by atoms with Crippen molar-refractivity contribution in [3.63, 3.8) is 0 Å². The van der Waals surface area contributed by atoms with Crippen LogP contribution in [0.25, 0.3) is 0 Å². The van der Waals surface area contributed by atoms with Crippen molar-refractivity contribution in [2.75, 3.05) is 19.6 Å². The molecular weight excluding hydrogens is 272 g/mol. The topological polar surface area (TPSA) is 29.3 Å². The van der Waals surface area contributed by atoms with Crippen LogP contribution in [0.3, 0.4) is 0 Å². The standard InChI is InChI=1S/C11H17BrN2S/c1-8-9(12)6-11(15-8)10(7-13)14-4-2-3-5-14/h6,10H,2-5,7,13H2,1H3. The van der Waals surface area contributed by atoms with E-state index in [1.165, 1.54) is 40.2 Å². The minimum absolute atomic E-state index is 0.433. The summed E-state index contributed by atoms with van der Waals surface area (Å²) in [6, 6.07) is 2.66. The van der Waals surface area contributed by atoms with Crippen LogP contribution in [0.4, 0.5) is 0 Å². The molecule has 15 heavy (non-hydrogen) atoms. The number of thiophene rings is 1. The zero-order chi connectivity index (χ0) is 10.8. The summed E-state index contributed by atoms with van der Waals surface area (Å²) in [5.74, 6) is 0. The number of hydrogen-bond acceptors (Lipinski definition) is 3. The molecule has 1 aromatic rings. The van der Waals surface area contributed by atoms with Crippen molar-refractivity contribution in [3.8, 4) is 0 Å². The van der Waals surface area contributed by atoms with Gasteiger partial charge in [-0.05, 0) is 54.9 Å². The molecule has 1 fully saturated rings. The molecule has 0 aliphatic carbocycles. The lowest BCUT2D eigenvalue weighted by Crippen LogP contribution is -2.30. The van der Waals surface area contributed by atoms with Crippen LogP contribution in [-0.4, -0.2) is 24.5 Å². The lowest BCUT2D eigenvalue weighted by molar-refractivity contribution is 0.255. The third-order valence-corrected chi connectivity index (χ3v) is 5.25. The summed E-state index contributed by atoms with van der Waals surface area (Å²) in [6.45, 7) is 5.29. The molecule has 1 aliphatic heterocycles. The van der Waals surface area contributed by atoms with Gasteiger partial charge in [0.25, 0.3) is 0 Å². The SMILES string of the molecule is Cc1sc(C(CN)N2CCCC2)cc1Br. The first-order valence-corrected chi connectivity index (χ1v) is 7.03. The maximum atomic E-state index is 5.89. The first kappa shape index (κ1) is 11.6. The van der Waals surface area contributed by atoms with Crippen LogP contribution in [0.5, 0.6) is 0 Å². The van der Waals surface area contributed by atoms with Crippen molar-refractivity contribution in [1.29, 1.82) is 0 Å². The van der Waals surface area contributed by atoms with Gasteiger partial charge >= 0.3 is 0 Å². The van der Waals surface area contributed by atoms with Gasteiger partial charge < -0.3 is 5.73 Å². The second-order valence-electron chi connectivity index (χ2n) is 4.05. The van der Waals surface area contributed by atoms with E-state index in [1.54, 1.807) is 0 Å². The zero-order valence-electron chi connectivity index (χ0n) is 9.00. The van der Waals surface area contributed by atoms with Crippen LogP contribution in [-0.2, 0) is 0 Å². The number of aryl methyl sites for hydroxylation is 1. The van der Waals surface area contributed by atoms with Gasteiger partial charge in [0.05, 0.1) is 6.04 Å². The molecule has 1 aromatic heterocycles. The van der Waals surface area contributed by atoms with Gasteiger partial charge in [0.15, 0.2) is 0 Å². The van der Waals surface area contributed by atoms with E-state index in [0.717, 1.165) is 6.54 Å². The number of hydrogen-bond donors (Lipinski definition) is 1. The average Bonchev–Trinajstić information content (AvgIpc) is 2.80. The molecule has 1 unspecified atom stereocenters. The van der Waals surface area contributed by atoms with Gasteiger partial charge in [-0.3, -0.25) is 4.90 Å². The molecule has 0 radical (unpaired) electrons. The maximum absolute atomic E-state index is 5.89. The molecular formula is C11H17BrN2S. The Morgan fingerprint density at radius 2 is 2.20 bits per heavy atom. The zero-order valence-corrected chi connectivity index (χ0v) is 11.4. The van der Waals surface area contributed by atoms with E-state index >= 15 is 0 Å². The molecule has 4 heteroatoms. The fourth-order valence-corrected chi connectivity index (χ4v) is 3.85. The Morgan fingerprint density at radius 3 is 2.67 bits per heavy atom. The Bertz CT molecular complexity index is 312. The summed E-state index contributed by atoms with van der Waals surface area (Å²) in [5, 5.41) is 0. The summed E-state index contributed by atoms with van der Waals surface area (Å²) in [5.41, 5.74) is 5.89. The third-order valence-electron chi connectivity index (χ3n) is 3.01. The van der Waals surface area contributed by atoms with Crippen LogP contribution < -0.4 is 5.73 Å².